The maximum Gasteiger partial charge on any atom is 0.108 e. The van der Waals surface area contributed by atoms with Crippen LogP contribution >= 0.6 is 0 Å². The molecule has 0 fully saturated rings. The first-order valence-electron chi connectivity index (χ1n) is 1.66. The Morgan fingerprint density at radius 3 is 2.29 bits per heavy atom. The lowest BCUT2D eigenvalue weighted by molar-refractivity contribution is 0.701. The highest BCUT2D eigenvalue weighted by atomic mass is 32.1. The van der Waals surface area contributed by atoms with Gasteiger partial charge in [0.2, 0.25) is 0 Å². The van der Waals surface area contributed by atoms with E-state index in [1.807, 2.05) is 0 Å². The summed E-state index contributed by atoms with van der Waals surface area (Å²) < 4.78 is 9.83. The largest absolute Gasteiger partial charge is 0.212 e. The van der Waals surface area contributed by atoms with E-state index >= 15 is 0 Å². The first-order valence-corrected chi connectivity index (χ1v) is 2.41. The van der Waals surface area contributed by atoms with E-state index in [0.29, 0.717) is 16.1 Å². The monoisotopic (exact) mass is 114 g/mol. The van der Waals surface area contributed by atoms with Gasteiger partial charge in [-0.05, 0) is 0 Å². The van der Waals surface area contributed by atoms with Crippen molar-refractivity contribution < 1.29 is 4.21 Å². The third-order valence-corrected chi connectivity index (χ3v) is 0.936. The molecule has 0 aromatic carbocycles. The van der Waals surface area contributed by atoms with E-state index in [0.717, 1.165) is 0 Å². The highest BCUT2D eigenvalue weighted by Gasteiger charge is 1.90. The zero-order valence-electron chi connectivity index (χ0n) is 3.37. The van der Waals surface area contributed by atoms with Crippen LogP contribution in [0.3, 0.4) is 0 Å². The molecular formula is C3H2N2OS. The Hall–Kier alpha value is -0.770. The molecule has 0 aliphatic carbocycles. The van der Waals surface area contributed by atoms with Crippen LogP contribution in [0.1, 0.15) is 0 Å². The average molecular weight is 114 g/mol. The summed E-state index contributed by atoms with van der Waals surface area (Å²) in [6.07, 6.45) is 2.86. The molecule has 0 unspecified atom stereocenters. The molecule has 3 nitrogen and oxygen atoms in total. The second-order valence-corrected chi connectivity index (χ2v) is 1.61. The van der Waals surface area contributed by atoms with Crippen molar-refractivity contribution in [1.29, 1.82) is 0 Å². The van der Waals surface area contributed by atoms with Crippen LogP contribution in [-0.2, 0) is 11.3 Å². The molecule has 0 N–H and O–H groups in total. The van der Waals surface area contributed by atoms with Crippen LogP contribution in [0, 0.1) is 0 Å². The molecule has 0 amide bonds. The fourth-order valence-corrected chi connectivity index (χ4v) is 0.437. The van der Waals surface area contributed by atoms with Crippen molar-refractivity contribution in [2.75, 3.05) is 0 Å². The smallest absolute Gasteiger partial charge is 0.108 e. The first kappa shape index (κ1) is 4.39. The topological polar surface area (TPSA) is 41.8 Å². The Bertz CT molecular complexity index is 163. The molecule has 1 rings (SSSR count). The molecule has 0 saturated heterocycles. The van der Waals surface area contributed by atoms with Gasteiger partial charge in [0.25, 0.3) is 0 Å². The fraction of sp³-hybridized carbons (Fsp3) is 0. The van der Waals surface area contributed by atoms with Gasteiger partial charge in [0.05, 0.1) is 23.7 Å². The van der Waals surface area contributed by atoms with E-state index in [1.165, 1.54) is 12.4 Å². The second kappa shape index (κ2) is 1.79. The lowest BCUT2D eigenvalue weighted by Gasteiger charge is -1.61. The highest BCUT2D eigenvalue weighted by Crippen LogP contribution is 1.76. The predicted molar refractivity (Wildman–Crippen MR) is 30.1 cm³/mol. The van der Waals surface area contributed by atoms with Gasteiger partial charge in [-0.15, -0.1) is 0 Å². The minimum absolute atomic E-state index is 0.400. The van der Waals surface area contributed by atoms with Crippen molar-refractivity contribution >= 4 is 28.5 Å². The molecule has 36 valence electrons. The lowest BCUT2D eigenvalue weighted by atomic mass is 10.5. The first-order chi connectivity index (χ1) is 3.43. The Balaban J connectivity index is 3.00. The summed E-state index contributed by atoms with van der Waals surface area (Å²) in [5, 5.41) is 6.84. The number of rotatable bonds is 0. The van der Waals surface area contributed by atoms with E-state index in [2.05, 4.69) is 10.2 Å². The van der Waals surface area contributed by atoms with Crippen molar-refractivity contribution in [1.82, 2.24) is 0 Å². The third-order valence-electron chi connectivity index (χ3n) is 0.533. The van der Waals surface area contributed by atoms with E-state index in [-0.39, 0.29) is 0 Å². The second-order valence-electron chi connectivity index (χ2n) is 0.975. The summed E-state index contributed by atoms with van der Waals surface area (Å²) in [6.45, 7) is 0. The van der Waals surface area contributed by atoms with E-state index in [1.54, 1.807) is 0 Å². The van der Waals surface area contributed by atoms with Crippen molar-refractivity contribution in [2.45, 2.75) is 0 Å². The van der Waals surface area contributed by atoms with Gasteiger partial charge in [-0.3, -0.25) is 0 Å². The number of nitrogens with zero attached hydrogens (tertiary/aromatic N) is 2. The Morgan fingerprint density at radius 1 is 1.43 bits per heavy atom. The van der Waals surface area contributed by atoms with Crippen LogP contribution < -0.4 is 0 Å². The summed E-state index contributed by atoms with van der Waals surface area (Å²) in [5.74, 6) is 0. The molecule has 0 aromatic heterocycles. The average Bonchev–Trinajstić information content (AvgIpc) is 2.14. The molecule has 0 atom stereocenters. The molecule has 7 heavy (non-hydrogen) atoms. The van der Waals surface area contributed by atoms with Gasteiger partial charge in [-0.25, -0.2) is 4.21 Å². The number of hydrogen-bond acceptors (Lipinski definition) is 3. The SMILES string of the molecule is O=S=C1C=NN=C1. The maximum atomic E-state index is 9.83. The molecular weight excluding hydrogens is 112 g/mol. The summed E-state index contributed by atoms with van der Waals surface area (Å²) in [5.41, 5.74) is 0. The maximum absolute atomic E-state index is 9.83. The summed E-state index contributed by atoms with van der Waals surface area (Å²) in [6, 6.07) is 0. The van der Waals surface area contributed by atoms with Gasteiger partial charge in [-0.2, -0.15) is 10.2 Å². The Morgan fingerprint density at radius 2 is 2.00 bits per heavy atom. The van der Waals surface area contributed by atoms with Gasteiger partial charge < -0.3 is 0 Å². The molecule has 0 bridgehead atoms. The normalized spacial score (nSPS) is 15.7. The van der Waals surface area contributed by atoms with E-state index < -0.39 is 0 Å². The summed E-state index contributed by atoms with van der Waals surface area (Å²) in [4.78, 5) is 0.569. The molecule has 0 aromatic rings. The van der Waals surface area contributed by atoms with Crippen LogP contribution in [0.15, 0.2) is 10.2 Å². The summed E-state index contributed by atoms with van der Waals surface area (Å²) in [7, 11) is 0. The minimum Gasteiger partial charge on any atom is -0.212 e. The van der Waals surface area contributed by atoms with Gasteiger partial charge in [-0.1, -0.05) is 0 Å². The molecule has 0 spiro atoms. The van der Waals surface area contributed by atoms with Gasteiger partial charge >= 0.3 is 0 Å². The molecule has 0 radical (unpaired) electrons. The minimum atomic E-state index is 0.400. The van der Waals surface area contributed by atoms with Crippen molar-refractivity contribution in [3.05, 3.63) is 0 Å². The quantitative estimate of drug-likeness (QED) is 0.389. The standard InChI is InChI=1S/C3H2N2OS/c6-7-3-1-4-5-2-3/h1-2H. The predicted octanol–water partition coefficient (Wildman–Crippen LogP) is -0.558. The third kappa shape index (κ3) is 0.806. The van der Waals surface area contributed by atoms with E-state index in [4.69, 9.17) is 0 Å². The zero-order chi connectivity index (χ0) is 5.11. The van der Waals surface area contributed by atoms with Crippen LogP contribution in [0.2, 0.25) is 0 Å². The molecule has 0 saturated carbocycles. The van der Waals surface area contributed by atoms with Crippen LogP contribution in [0.25, 0.3) is 0 Å². The lowest BCUT2D eigenvalue weighted by Crippen LogP contribution is -1.93. The van der Waals surface area contributed by atoms with Crippen molar-refractivity contribution in [3.8, 4) is 0 Å². The van der Waals surface area contributed by atoms with Gasteiger partial charge in [0, 0.05) is 0 Å². The fourth-order valence-electron chi connectivity index (χ4n) is 0.257. The molecule has 4 heteroatoms. The van der Waals surface area contributed by atoms with Gasteiger partial charge in [0.15, 0.2) is 0 Å². The number of hydrogen-bond donors (Lipinski definition) is 0. The van der Waals surface area contributed by atoms with Crippen LogP contribution in [0.4, 0.5) is 0 Å². The van der Waals surface area contributed by atoms with Gasteiger partial charge in [0.1, 0.15) is 4.86 Å². The van der Waals surface area contributed by atoms with Crippen molar-refractivity contribution in [2.24, 2.45) is 10.2 Å². The van der Waals surface area contributed by atoms with Crippen LogP contribution in [-0.4, -0.2) is 21.5 Å². The Kier molecular flexibility index (Phi) is 1.12. The molecule has 1 heterocycles. The highest BCUT2D eigenvalue weighted by molar-refractivity contribution is 7.70. The Labute approximate surface area is 43.8 Å². The van der Waals surface area contributed by atoms with E-state index in [9.17, 15) is 4.21 Å². The zero-order valence-corrected chi connectivity index (χ0v) is 4.18. The molecule has 1 aliphatic heterocycles. The van der Waals surface area contributed by atoms with Crippen molar-refractivity contribution in [3.63, 3.8) is 0 Å². The molecule has 1 aliphatic rings. The summed E-state index contributed by atoms with van der Waals surface area (Å²) >= 11 is 0.400. The van der Waals surface area contributed by atoms with Crippen LogP contribution in [0.5, 0.6) is 0 Å².